The van der Waals surface area contributed by atoms with Crippen molar-refractivity contribution in [3.8, 4) is 0 Å². The molecular formula is C17H25N3O2. The van der Waals surface area contributed by atoms with E-state index in [1.54, 1.807) is 4.90 Å². The van der Waals surface area contributed by atoms with Gasteiger partial charge in [-0.3, -0.25) is 14.5 Å². The monoisotopic (exact) mass is 303 g/mol. The number of amides is 2. The molecular weight excluding hydrogens is 278 g/mol. The van der Waals surface area contributed by atoms with E-state index >= 15 is 0 Å². The molecule has 2 N–H and O–H groups in total. The second-order valence-corrected chi connectivity index (χ2v) is 6.14. The van der Waals surface area contributed by atoms with Crippen molar-refractivity contribution >= 4 is 11.8 Å². The van der Waals surface area contributed by atoms with Crippen molar-refractivity contribution in [2.45, 2.75) is 26.3 Å². The standard InChI is InChI=1S/C17H25N3O2/c1-13(2)17(22)20-11-10-19(12-15(20)16(18)21)9-8-14-6-4-3-5-7-14/h3-7,13,15H,8-12H2,1-2H3,(H2,18,21)/t15-/m1/s1. The van der Waals surface area contributed by atoms with Gasteiger partial charge in [-0.05, 0) is 12.0 Å². The number of hydrogen-bond acceptors (Lipinski definition) is 3. The number of rotatable bonds is 5. The molecule has 1 heterocycles. The number of nitrogens with zero attached hydrogens (tertiary/aromatic N) is 2. The first-order valence-corrected chi connectivity index (χ1v) is 7.85. The Morgan fingerprint density at radius 1 is 1.23 bits per heavy atom. The van der Waals surface area contributed by atoms with Crippen LogP contribution in [-0.4, -0.2) is 53.8 Å². The molecule has 0 aromatic heterocycles. The molecule has 1 aliphatic heterocycles. The van der Waals surface area contributed by atoms with Crippen LogP contribution in [0.15, 0.2) is 30.3 Å². The highest BCUT2D eigenvalue weighted by molar-refractivity contribution is 5.87. The zero-order chi connectivity index (χ0) is 16.1. The summed E-state index contributed by atoms with van der Waals surface area (Å²) in [4.78, 5) is 27.8. The maximum atomic E-state index is 12.2. The molecule has 0 radical (unpaired) electrons. The second kappa shape index (κ2) is 7.40. The highest BCUT2D eigenvalue weighted by Crippen LogP contribution is 2.14. The van der Waals surface area contributed by atoms with E-state index in [4.69, 9.17) is 5.73 Å². The van der Waals surface area contributed by atoms with Gasteiger partial charge in [0.05, 0.1) is 0 Å². The van der Waals surface area contributed by atoms with Crippen molar-refractivity contribution in [2.75, 3.05) is 26.2 Å². The normalized spacial score (nSPS) is 19.4. The lowest BCUT2D eigenvalue weighted by Crippen LogP contribution is -2.60. The van der Waals surface area contributed by atoms with Gasteiger partial charge in [-0.2, -0.15) is 0 Å². The van der Waals surface area contributed by atoms with Crippen LogP contribution in [0, 0.1) is 5.92 Å². The third-order valence-corrected chi connectivity index (χ3v) is 4.13. The Morgan fingerprint density at radius 3 is 2.50 bits per heavy atom. The number of hydrogen-bond donors (Lipinski definition) is 1. The van der Waals surface area contributed by atoms with E-state index in [0.717, 1.165) is 19.5 Å². The van der Waals surface area contributed by atoms with Gasteiger partial charge in [-0.25, -0.2) is 0 Å². The Balaban J connectivity index is 1.95. The molecule has 0 bridgehead atoms. The Kier molecular flexibility index (Phi) is 5.55. The minimum atomic E-state index is -0.514. The predicted molar refractivity (Wildman–Crippen MR) is 86.1 cm³/mol. The average molecular weight is 303 g/mol. The van der Waals surface area contributed by atoms with Crippen LogP contribution in [0.3, 0.4) is 0 Å². The van der Waals surface area contributed by atoms with Gasteiger partial charge in [0.25, 0.3) is 0 Å². The van der Waals surface area contributed by atoms with E-state index in [9.17, 15) is 9.59 Å². The molecule has 22 heavy (non-hydrogen) atoms. The highest BCUT2D eigenvalue weighted by Gasteiger charge is 2.34. The van der Waals surface area contributed by atoms with Gasteiger partial charge in [0.1, 0.15) is 6.04 Å². The van der Waals surface area contributed by atoms with Crippen molar-refractivity contribution in [1.82, 2.24) is 9.80 Å². The first kappa shape index (κ1) is 16.5. The summed E-state index contributed by atoms with van der Waals surface area (Å²) in [6, 6.07) is 9.75. The fourth-order valence-corrected chi connectivity index (χ4v) is 2.81. The lowest BCUT2D eigenvalue weighted by Gasteiger charge is -2.40. The Morgan fingerprint density at radius 2 is 1.91 bits per heavy atom. The molecule has 120 valence electrons. The Hall–Kier alpha value is -1.88. The number of nitrogens with two attached hydrogens (primary N) is 1. The summed E-state index contributed by atoms with van der Waals surface area (Å²) in [6.07, 6.45) is 0.935. The molecule has 1 aromatic carbocycles. The molecule has 2 amide bonds. The average Bonchev–Trinajstić information content (AvgIpc) is 2.52. The molecule has 1 aromatic rings. The zero-order valence-corrected chi connectivity index (χ0v) is 13.4. The summed E-state index contributed by atoms with van der Waals surface area (Å²) in [5.41, 5.74) is 6.78. The molecule has 2 rings (SSSR count). The third-order valence-electron chi connectivity index (χ3n) is 4.13. The first-order chi connectivity index (χ1) is 10.5. The van der Waals surface area contributed by atoms with Crippen molar-refractivity contribution in [3.63, 3.8) is 0 Å². The lowest BCUT2D eigenvalue weighted by atomic mass is 10.1. The van der Waals surface area contributed by atoms with Crippen molar-refractivity contribution in [3.05, 3.63) is 35.9 Å². The van der Waals surface area contributed by atoms with E-state index in [0.29, 0.717) is 13.1 Å². The predicted octanol–water partition coefficient (Wildman–Crippen LogP) is 0.883. The van der Waals surface area contributed by atoms with Gasteiger partial charge in [-0.15, -0.1) is 0 Å². The largest absolute Gasteiger partial charge is 0.368 e. The number of carbonyl (C=O) groups is 2. The summed E-state index contributed by atoms with van der Waals surface area (Å²) in [5.74, 6) is -0.525. The Labute approximate surface area is 132 Å². The minimum Gasteiger partial charge on any atom is -0.368 e. The maximum Gasteiger partial charge on any atom is 0.241 e. The summed E-state index contributed by atoms with van der Waals surface area (Å²) in [7, 11) is 0. The summed E-state index contributed by atoms with van der Waals surface area (Å²) >= 11 is 0. The van der Waals surface area contributed by atoms with Gasteiger partial charge in [0.2, 0.25) is 11.8 Å². The van der Waals surface area contributed by atoms with Crippen LogP contribution in [0.5, 0.6) is 0 Å². The quantitative estimate of drug-likeness (QED) is 0.878. The molecule has 1 fully saturated rings. The fraction of sp³-hybridized carbons (Fsp3) is 0.529. The molecule has 1 atom stereocenters. The van der Waals surface area contributed by atoms with Gasteiger partial charge in [0, 0.05) is 32.1 Å². The maximum absolute atomic E-state index is 12.2. The molecule has 0 saturated carbocycles. The molecule has 5 nitrogen and oxygen atoms in total. The number of piperazine rings is 1. The topological polar surface area (TPSA) is 66.6 Å². The summed E-state index contributed by atoms with van der Waals surface area (Å²) in [5, 5.41) is 0. The van der Waals surface area contributed by atoms with Crippen LogP contribution in [0.4, 0.5) is 0 Å². The van der Waals surface area contributed by atoms with Crippen molar-refractivity contribution in [2.24, 2.45) is 11.7 Å². The Bertz CT molecular complexity index is 516. The van der Waals surface area contributed by atoms with E-state index < -0.39 is 11.9 Å². The fourth-order valence-electron chi connectivity index (χ4n) is 2.81. The van der Waals surface area contributed by atoms with Crippen LogP contribution >= 0.6 is 0 Å². The molecule has 1 saturated heterocycles. The number of carbonyl (C=O) groups excluding carboxylic acids is 2. The van der Waals surface area contributed by atoms with E-state index in [2.05, 4.69) is 17.0 Å². The lowest BCUT2D eigenvalue weighted by molar-refractivity contribution is -0.145. The number of primary amides is 1. The van der Waals surface area contributed by atoms with Gasteiger partial charge < -0.3 is 10.6 Å². The van der Waals surface area contributed by atoms with Crippen LogP contribution in [0.1, 0.15) is 19.4 Å². The SMILES string of the molecule is CC(C)C(=O)N1CCN(CCc2ccccc2)C[C@@H]1C(N)=O. The van der Waals surface area contributed by atoms with Gasteiger partial charge in [-0.1, -0.05) is 44.2 Å². The molecule has 0 unspecified atom stereocenters. The first-order valence-electron chi connectivity index (χ1n) is 7.85. The molecule has 1 aliphatic rings. The molecule has 0 spiro atoms. The highest BCUT2D eigenvalue weighted by atomic mass is 16.2. The van der Waals surface area contributed by atoms with Crippen LogP contribution < -0.4 is 5.73 Å². The summed E-state index contributed by atoms with van der Waals surface area (Å²) < 4.78 is 0. The minimum absolute atomic E-state index is 0.00603. The van der Waals surface area contributed by atoms with Crippen molar-refractivity contribution < 1.29 is 9.59 Å². The zero-order valence-electron chi connectivity index (χ0n) is 13.4. The molecule has 5 heteroatoms. The smallest absolute Gasteiger partial charge is 0.241 e. The third kappa shape index (κ3) is 4.07. The second-order valence-electron chi connectivity index (χ2n) is 6.14. The van der Waals surface area contributed by atoms with E-state index in [1.807, 2.05) is 32.0 Å². The van der Waals surface area contributed by atoms with Gasteiger partial charge >= 0.3 is 0 Å². The van der Waals surface area contributed by atoms with Crippen LogP contribution in [0.25, 0.3) is 0 Å². The van der Waals surface area contributed by atoms with Crippen LogP contribution in [-0.2, 0) is 16.0 Å². The van der Waals surface area contributed by atoms with Crippen LogP contribution in [0.2, 0.25) is 0 Å². The number of benzene rings is 1. The van der Waals surface area contributed by atoms with Gasteiger partial charge in [0.15, 0.2) is 0 Å². The van der Waals surface area contributed by atoms with E-state index in [-0.39, 0.29) is 11.8 Å². The molecule has 0 aliphatic carbocycles. The van der Waals surface area contributed by atoms with E-state index in [1.165, 1.54) is 5.56 Å². The van der Waals surface area contributed by atoms with Crippen molar-refractivity contribution in [1.29, 1.82) is 0 Å². The summed E-state index contributed by atoms with van der Waals surface area (Å²) in [6.45, 7) is 6.46.